The lowest BCUT2D eigenvalue weighted by Gasteiger charge is -2.26. The van der Waals surface area contributed by atoms with Gasteiger partial charge in [-0.2, -0.15) is 0 Å². The Morgan fingerprint density at radius 2 is 2.00 bits per heavy atom. The summed E-state index contributed by atoms with van der Waals surface area (Å²) in [5.41, 5.74) is 0.0931. The SMILES string of the molecule is CNC(=O)c1ncn2c1CC[C@@H](c1c(F)ccc(NS(=O)(=O)c3cc(F)cnc3OC)c1F)C2. The molecule has 1 aliphatic heterocycles. The third-order valence-corrected chi connectivity index (χ3v) is 6.94. The standard InChI is InChI=1S/C21H20F3N5O4S/c1-25-20(30)19-15-6-3-11(9-29(15)10-27-19)17-13(23)4-5-14(18(17)24)28-34(31,32)16-7-12(22)8-26-21(16)33-2/h4-5,7-8,10-11,28H,3,6,9H2,1-2H3,(H,25,30)/t11-/m1/s1. The summed E-state index contributed by atoms with van der Waals surface area (Å²) >= 11 is 0. The molecule has 1 amide bonds. The van der Waals surface area contributed by atoms with Gasteiger partial charge in [-0.25, -0.2) is 31.6 Å². The minimum absolute atomic E-state index is 0.144. The van der Waals surface area contributed by atoms with Crippen molar-refractivity contribution in [2.75, 3.05) is 18.9 Å². The average molecular weight is 495 g/mol. The van der Waals surface area contributed by atoms with Crippen molar-refractivity contribution in [1.82, 2.24) is 19.9 Å². The van der Waals surface area contributed by atoms with Crippen molar-refractivity contribution >= 4 is 21.6 Å². The van der Waals surface area contributed by atoms with Crippen LogP contribution in [0.5, 0.6) is 5.88 Å². The summed E-state index contributed by atoms with van der Waals surface area (Å²) < 4.78 is 77.9. The lowest BCUT2D eigenvalue weighted by Crippen LogP contribution is -2.25. The number of hydrogen-bond donors (Lipinski definition) is 2. The summed E-state index contributed by atoms with van der Waals surface area (Å²) in [6, 6.07) is 2.58. The van der Waals surface area contributed by atoms with Crippen molar-refractivity contribution in [3.8, 4) is 5.88 Å². The minimum Gasteiger partial charge on any atom is -0.480 e. The minimum atomic E-state index is -4.52. The maximum atomic E-state index is 15.4. The van der Waals surface area contributed by atoms with Crippen LogP contribution in [-0.2, 0) is 23.0 Å². The maximum absolute atomic E-state index is 15.4. The Morgan fingerprint density at radius 1 is 1.24 bits per heavy atom. The molecule has 4 rings (SSSR count). The van der Waals surface area contributed by atoms with Gasteiger partial charge in [0.15, 0.2) is 10.7 Å². The van der Waals surface area contributed by atoms with Crippen LogP contribution in [0.1, 0.15) is 34.1 Å². The number of sulfonamides is 1. The number of benzene rings is 1. The van der Waals surface area contributed by atoms with Gasteiger partial charge >= 0.3 is 0 Å². The number of nitrogens with zero attached hydrogens (tertiary/aromatic N) is 3. The smallest absolute Gasteiger partial charge is 0.271 e. The first-order chi connectivity index (χ1) is 16.2. The number of pyridine rings is 1. The van der Waals surface area contributed by atoms with Crippen molar-refractivity contribution < 1.29 is 31.1 Å². The van der Waals surface area contributed by atoms with Crippen LogP contribution in [0.3, 0.4) is 0 Å². The first kappa shape index (κ1) is 23.5. The second-order valence-electron chi connectivity index (χ2n) is 7.60. The number of methoxy groups -OCH3 is 1. The van der Waals surface area contributed by atoms with E-state index >= 15 is 4.39 Å². The molecule has 1 atom stereocenters. The zero-order chi connectivity index (χ0) is 24.6. The molecule has 0 saturated heterocycles. The number of aromatic nitrogens is 3. The van der Waals surface area contributed by atoms with Crippen LogP contribution in [-0.4, -0.2) is 43.0 Å². The molecule has 0 spiro atoms. The molecule has 0 fully saturated rings. The van der Waals surface area contributed by atoms with Crippen LogP contribution < -0.4 is 14.8 Å². The molecule has 0 aliphatic carbocycles. The molecular formula is C21H20F3N5O4S. The number of anilines is 1. The number of ether oxygens (including phenoxy) is 1. The van der Waals surface area contributed by atoms with E-state index in [0.29, 0.717) is 24.6 Å². The Morgan fingerprint density at radius 3 is 2.71 bits per heavy atom. The molecule has 0 unspecified atom stereocenters. The molecule has 1 aliphatic rings. The fraction of sp³-hybridized carbons (Fsp3) is 0.286. The second kappa shape index (κ2) is 8.97. The molecule has 0 saturated carbocycles. The zero-order valence-corrected chi connectivity index (χ0v) is 18.9. The van der Waals surface area contributed by atoms with Crippen molar-refractivity contribution in [1.29, 1.82) is 0 Å². The Labute approximate surface area is 193 Å². The molecule has 13 heteroatoms. The fourth-order valence-corrected chi connectivity index (χ4v) is 5.18. The number of nitrogens with one attached hydrogen (secondary N) is 2. The molecule has 0 bridgehead atoms. The molecular weight excluding hydrogens is 475 g/mol. The van der Waals surface area contributed by atoms with E-state index in [4.69, 9.17) is 4.74 Å². The van der Waals surface area contributed by atoms with E-state index < -0.39 is 44.0 Å². The van der Waals surface area contributed by atoms with Crippen LogP contribution in [0.15, 0.2) is 35.6 Å². The summed E-state index contributed by atoms with van der Waals surface area (Å²) in [4.78, 5) is 19.0. The third kappa shape index (κ3) is 4.18. The molecule has 180 valence electrons. The van der Waals surface area contributed by atoms with E-state index in [1.807, 2.05) is 4.72 Å². The van der Waals surface area contributed by atoms with E-state index in [1.54, 1.807) is 4.57 Å². The van der Waals surface area contributed by atoms with Gasteiger partial charge in [-0.15, -0.1) is 0 Å². The molecule has 3 aromatic rings. The quantitative estimate of drug-likeness (QED) is 0.543. The van der Waals surface area contributed by atoms with Gasteiger partial charge in [-0.05, 0) is 25.0 Å². The number of amides is 1. The number of halogens is 3. The number of imidazole rings is 1. The lowest BCUT2D eigenvalue weighted by atomic mass is 9.89. The maximum Gasteiger partial charge on any atom is 0.271 e. The Balaban J connectivity index is 1.67. The summed E-state index contributed by atoms with van der Waals surface area (Å²) in [5, 5.41) is 2.50. The predicted molar refractivity (Wildman–Crippen MR) is 115 cm³/mol. The Kier molecular flexibility index (Phi) is 6.21. The normalized spacial score (nSPS) is 15.5. The predicted octanol–water partition coefficient (Wildman–Crippen LogP) is 2.59. The number of fused-ring (bicyclic) bond motifs is 1. The summed E-state index contributed by atoms with van der Waals surface area (Å²) in [6.07, 6.45) is 2.85. The number of carbonyl (C=O) groups excluding carboxylic acids is 1. The highest BCUT2D eigenvalue weighted by atomic mass is 32.2. The van der Waals surface area contributed by atoms with Crippen LogP contribution in [0, 0.1) is 17.5 Å². The van der Waals surface area contributed by atoms with Gasteiger partial charge in [0, 0.05) is 31.1 Å². The highest BCUT2D eigenvalue weighted by Crippen LogP contribution is 2.36. The topological polar surface area (TPSA) is 115 Å². The van der Waals surface area contributed by atoms with Gasteiger partial charge in [0.05, 0.1) is 31.0 Å². The van der Waals surface area contributed by atoms with Gasteiger partial charge in [0.1, 0.15) is 17.3 Å². The van der Waals surface area contributed by atoms with Crippen molar-refractivity contribution in [2.45, 2.75) is 30.2 Å². The summed E-state index contributed by atoms with van der Waals surface area (Å²) in [7, 11) is -1.89. The van der Waals surface area contributed by atoms with Crippen LogP contribution in [0.4, 0.5) is 18.9 Å². The lowest BCUT2D eigenvalue weighted by molar-refractivity contribution is 0.0957. The summed E-state index contributed by atoms with van der Waals surface area (Å²) in [5.74, 6) is -4.26. The molecule has 9 nitrogen and oxygen atoms in total. The van der Waals surface area contributed by atoms with Crippen molar-refractivity contribution in [3.05, 3.63) is 65.1 Å². The van der Waals surface area contributed by atoms with Gasteiger partial charge in [0.25, 0.3) is 15.9 Å². The van der Waals surface area contributed by atoms with E-state index in [0.717, 1.165) is 25.4 Å². The van der Waals surface area contributed by atoms with Crippen LogP contribution in [0.25, 0.3) is 0 Å². The number of hydrogen-bond acceptors (Lipinski definition) is 6. The van der Waals surface area contributed by atoms with Gasteiger partial charge in [0.2, 0.25) is 5.88 Å². The van der Waals surface area contributed by atoms with E-state index in [9.17, 15) is 22.0 Å². The number of carbonyl (C=O) groups is 1. The Hall–Kier alpha value is -3.61. The zero-order valence-electron chi connectivity index (χ0n) is 18.1. The van der Waals surface area contributed by atoms with Crippen LogP contribution in [0.2, 0.25) is 0 Å². The molecule has 34 heavy (non-hydrogen) atoms. The van der Waals surface area contributed by atoms with Crippen molar-refractivity contribution in [3.63, 3.8) is 0 Å². The molecule has 2 aromatic heterocycles. The fourth-order valence-electron chi connectivity index (χ4n) is 3.99. The molecule has 1 aromatic carbocycles. The highest BCUT2D eigenvalue weighted by Gasteiger charge is 2.31. The summed E-state index contributed by atoms with van der Waals surface area (Å²) in [6.45, 7) is 0.144. The molecule has 2 N–H and O–H groups in total. The van der Waals surface area contributed by atoms with E-state index in [1.165, 1.54) is 13.4 Å². The van der Waals surface area contributed by atoms with Gasteiger partial charge < -0.3 is 14.6 Å². The molecule has 3 heterocycles. The van der Waals surface area contributed by atoms with Crippen LogP contribution >= 0.6 is 0 Å². The Bertz CT molecular complexity index is 1380. The first-order valence-electron chi connectivity index (χ1n) is 10.1. The monoisotopic (exact) mass is 495 g/mol. The van der Waals surface area contributed by atoms with E-state index in [2.05, 4.69) is 15.3 Å². The third-order valence-electron chi connectivity index (χ3n) is 5.58. The van der Waals surface area contributed by atoms with Crippen molar-refractivity contribution in [2.24, 2.45) is 0 Å². The van der Waals surface area contributed by atoms with E-state index in [-0.39, 0.29) is 29.6 Å². The van der Waals surface area contributed by atoms with Gasteiger partial charge in [-0.3, -0.25) is 9.52 Å². The second-order valence-corrected chi connectivity index (χ2v) is 9.25. The first-order valence-corrected chi connectivity index (χ1v) is 11.6. The van der Waals surface area contributed by atoms with Gasteiger partial charge in [-0.1, -0.05) is 0 Å². The highest BCUT2D eigenvalue weighted by molar-refractivity contribution is 7.92. The average Bonchev–Trinajstić information content (AvgIpc) is 3.24. The largest absolute Gasteiger partial charge is 0.480 e. The molecule has 0 radical (unpaired) electrons. The number of rotatable bonds is 6.